The molecule has 0 spiro atoms. The Hall–Kier alpha value is -2.44. The van der Waals surface area contributed by atoms with Crippen molar-refractivity contribution in [2.75, 3.05) is 25.6 Å². The summed E-state index contributed by atoms with van der Waals surface area (Å²) in [4.78, 5) is 21.9. The molecule has 0 aliphatic carbocycles. The second-order valence-corrected chi connectivity index (χ2v) is 3.82. The van der Waals surface area contributed by atoms with Gasteiger partial charge >= 0.3 is 12.0 Å². The first-order chi connectivity index (χ1) is 9.56. The molecule has 7 heteroatoms. The predicted octanol–water partition coefficient (Wildman–Crippen LogP) is 1.69. The molecule has 110 valence electrons. The molecule has 1 aromatic carbocycles. The van der Waals surface area contributed by atoms with Crippen LogP contribution in [0.15, 0.2) is 18.2 Å². The highest BCUT2D eigenvalue weighted by molar-refractivity contribution is 5.89. The highest BCUT2D eigenvalue weighted by atomic mass is 16.5. The summed E-state index contributed by atoms with van der Waals surface area (Å²) < 4.78 is 10.5. The zero-order valence-corrected chi connectivity index (χ0v) is 11.4. The van der Waals surface area contributed by atoms with E-state index in [1.54, 1.807) is 18.2 Å². The number of aliphatic carboxylic acids is 1. The van der Waals surface area contributed by atoms with Crippen LogP contribution >= 0.6 is 0 Å². The minimum Gasteiger partial charge on any atom is -0.493 e. The Morgan fingerprint density at radius 3 is 2.65 bits per heavy atom. The maximum Gasteiger partial charge on any atom is 0.319 e. The zero-order valence-electron chi connectivity index (χ0n) is 11.4. The minimum absolute atomic E-state index is 0.0651. The lowest BCUT2D eigenvalue weighted by atomic mass is 10.2. The number of urea groups is 1. The van der Waals surface area contributed by atoms with E-state index < -0.39 is 12.0 Å². The molecule has 0 unspecified atom stereocenters. The van der Waals surface area contributed by atoms with Gasteiger partial charge in [-0.3, -0.25) is 4.79 Å². The van der Waals surface area contributed by atoms with Gasteiger partial charge in [-0.2, -0.15) is 0 Å². The first kappa shape index (κ1) is 15.6. The van der Waals surface area contributed by atoms with Crippen molar-refractivity contribution in [1.29, 1.82) is 0 Å². The van der Waals surface area contributed by atoms with E-state index in [2.05, 4.69) is 10.6 Å². The van der Waals surface area contributed by atoms with Crippen LogP contribution in [0.2, 0.25) is 0 Å². The second-order valence-electron chi connectivity index (χ2n) is 3.82. The van der Waals surface area contributed by atoms with Crippen molar-refractivity contribution in [2.45, 2.75) is 13.3 Å². The van der Waals surface area contributed by atoms with Crippen molar-refractivity contribution in [3.8, 4) is 11.5 Å². The first-order valence-corrected chi connectivity index (χ1v) is 6.14. The van der Waals surface area contributed by atoms with Gasteiger partial charge in [0.15, 0.2) is 11.5 Å². The van der Waals surface area contributed by atoms with Crippen LogP contribution in [0, 0.1) is 0 Å². The molecule has 2 amide bonds. The van der Waals surface area contributed by atoms with Crippen molar-refractivity contribution in [3.63, 3.8) is 0 Å². The Kier molecular flexibility index (Phi) is 6.15. The number of methoxy groups -OCH3 is 1. The SMILES string of the molecule is CCOc1cc(NC(=O)NCCC(=O)O)ccc1OC. The third-order valence-electron chi connectivity index (χ3n) is 2.35. The molecule has 0 aromatic heterocycles. The van der Waals surface area contributed by atoms with E-state index in [0.29, 0.717) is 23.8 Å². The number of anilines is 1. The monoisotopic (exact) mass is 282 g/mol. The lowest BCUT2D eigenvalue weighted by Gasteiger charge is -2.12. The quantitative estimate of drug-likeness (QED) is 0.707. The molecule has 0 saturated heterocycles. The predicted molar refractivity (Wildman–Crippen MR) is 73.4 cm³/mol. The fourth-order valence-corrected chi connectivity index (χ4v) is 1.48. The minimum atomic E-state index is -0.964. The van der Waals surface area contributed by atoms with Crippen molar-refractivity contribution >= 4 is 17.7 Å². The fraction of sp³-hybridized carbons (Fsp3) is 0.385. The summed E-state index contributed by atoms with van der Waals surface area (Å²) in [6.45, 7) is 2.39. The molecule has 20 heavy (non-hydrogen) atoms. The Labute approximate surface area is 116 Å². The average Bonchev–Trinajstić information content (AvgIpc) is 2.39. The lowest BCUT2D eigenvalue weighted by molar-refractivity contribution is -0.136. The molecular formula is C13H18N2O5. The van der Waals surface area contributed by atoms with Gasteiger partial charge in [0.1, 0.15) is 0 Å². The number of hydrogen-bond donors (Lipinski definition) is 3. The van der Waals surface area contributed by atoms with Gasteiger partial charge in [-0.1, -0.05) is 0 Å². The molecule has 1 aromatic rings. The summed E-state index contributed by atoms with van der Waals surface area (Å²) >= 11 is 0. The van der Waals surface area contributed by atoms with Gasteiger partial charge in [-0.05, 0) is 19.1 Å². The maximum atomic E-state index is 11.5. The number of carboxylic acids is 1. The second kappa shape index (κ2) is 7.88. The third kappa shape index (κ3) is 5.05. The number of carbonyl (C=O) groups excluding carboxylic acids is 1. The number of carbonyl (C=O) groups is 2. The molecule has 3 N–H and O–H groups in total. The molecule has 0 fully saturated rings. The molecule has 0 bridgehead atoms. The van der Waals surface area contributed by atoms with E-state index in [4.69, 9.17) is 14.6 Å². The van der Waals surface area contributed by atoms with Gasteiger partial charge in [-0.15, -0.1) is 0 Å². The largest absolute Gasteiger partial charge is 0.493 e. The topological polar surface area (TPSA) is 96.9 Å². The van der Waals surface area contributed by atoms with E-state index in [9.17, 15) is 9.59 Å². The van der Waals surface area contributed by atoms with Crippen LogP contribution in [-0.4, -0.2) is 37.4 Å². The third-order valence-corrected chi connectivity index (χ3v) is 2.35. The van der Waals surface area contributed by atoms with Crippen LogP contribution in [0.5, 0.6) is 11.5 Å². The normalized spacial score (nSPS) is 9.70. The average molecular weight is 282 g/mol. The molecule has 0 aliphatic heterocycles. The summed E-state index contributed by atoms with van der Waals surface area (Å²) in [5.41, 5.74) is 0.530. The van der Waals surface area contributed by atoms with Gasteiger partial charge in [0.05, 0.1) is 20.1 Å². The zero-order chi connectivity index (χ0) is 15.0. The van der Waals surface area contributed by atoms with E-state index in [-0.39, 0.29) is 13.0 Å². The number of rotatable bonds is 7. The number of carboxylic acid groups (broad SMARTS) is 1. The van der Waals surface area contributed by atoms with E-state index in [0.717, 1.165) is 0 Å². The van der Waals surface area contributed by atoms with Crippen molar-refractivity contribution in [3.05, 3.63) is 18.2 Å². The van der Waals surface area contributed by atoms with Crippen molar-refractivity contribution in [1.82, 2.24) is 5.32 Å². The molecular weight excluding hydrogens is 264 g/mol. The summed E-state index contributed by atoms with van der Waals surface area (Å²) in [6, 6.07) is 4.51. The van der Waals surface area contributed by atoms with Gasteiger partial charge in [0, 0.05) is 18.3 Å². The smallest absolute Gasteiger partial charge is 0.319 e. The van der Waals surface area contributed by atoms with Gasteiger partial charge < -0.3 is 25.2 Å². The number of hydrogen-bond acceptors (Lipinski definition) is 4. The molecule has 7 nitrogen and oxygen atoms in total. The van der Waals surface area contributed by atoms with Crippen LogP contribution in [-0.2, 0) is 4.79 Å². The highest BCUT2D eigenvalue weighted by Gasteiger charge is 2.08. The number of ether oxygens (including phenoxy) is 2. The van der Waals surface area contributed by atoms with E-state index in [1.165, 1.54) is 7.11 Å². The maximum absolute atomic E-state index is 11.5. The standard InChI is InChI=1S/C13H18N2O5/c1-3-20-11-8-9(4-5-10(11)19-2)15-13(18)14-7-6-12(16)17/h4-5,8H,3,6-7H2,1-2H3,(H,16,17)(H2,14,15,18). The molecule has 0 saturated carbocycles. The van der Waals surface area contributed by atoms with Gasteiger partial charge in [-0.25, -0.2) is 4.79 Å². The van der Waals surface area contributed by atoms with Crippen LogP contribution in [0.3, 0.4) is 0 Å². The fourth-order valence-electron chi connectivity index (χ4n) is 1.48. The number of benzene rings is 1. The Bertz CT molecular complexity index is 476. The Morgan fingerprint density at radius 1 is 1.30 bits per heavy atom. The van der Waals surface area contributed by atoms with Crippen LogP contribution in [0.25, 0.3) is 0 Å². The molecule has 0 radical (unpaired) electrons. The van der Waals surface area contributed by atoms with Crippen LogP contribution in [0.1, 0.15) is 13.3 Å². The summed E-state index contributed by atoms with van der Waals surface area (Å²) in [6.07, 6.45) is -0.125. The molecule has 0 aliphatic rings. The Balaban J connectivity index is 2.60. The van der Waals surface area contributed by atoms with Crippen LogP contribution < -0.4 is 20.1 Å². The van der Waals surface area contributed by atoms with Gasteiger partial charge in [0.2, 0.25) is 0 Å². The van der Waals surface area contributed by atoms with E-state index >= 15 is 0 Å². The Morgan fingerprint density at radius 2 is 2.05 bits per heavy atom. The van der Waals surface area contributed by atoms with Crippen molar-refractivity contribution in [2.24, 2.45) is 0 Å². The van der Waals surface area contributed by atoms with Gasteiger partial charge in [0.25, 0.3) is 0 Å². The summed E-state index contributed by atoms with van der Waals surface area (Å²) in [5, 5.41) is 13.5. The number of amides is 2. The van der Waals surface area contributed by atoms with E-state index in [1.807, 2.05) is 6.92 Å². The number of nitrogens with one attached hydrogen (secondary N) is 2. The molecule has 0 atom stereocenters. The summed E-state index contributed by atoms with van der Waals surface area (Å²) in [5.74, 6) is 0.135. The summed E-state index contributed by atoms with van der Waals surface area (Å²) in [7, 11) is 1.53. The molecule has 1 rings (SSSR count). The lowest BCUT2D eigenvalue weighted by Crippen LogP contribution is -2.30. The molecule has 0 heterocycles. The van der Waals surface area contributed by atoms with Crippen molar-refractivity contribution < 1.29 is 24.2 Å². The highest BCUT2D eigenvalue weighted by Crippen LogP contribution is 2.30. The first-order valence-electron chi connectivity index (χ1n) is 6.14. The van der Waals surface area contributed by atoms with Crippen LogP contribution in [0.4, 0.5) is 10.5 Å².